The molecule has 0 aliphatic rings. The summed E-state index contributed by atoms with van der Waals surface area (Å²) in [4.78, 5) is 15.5. The molecule has 10 rings (SSSR count). The van der Waals surface area contributed by atoms with Gasteiger partial charge in [0.15, 0.2) is 17.5 Å². The van der Waals surface area contributed by atoms with Crippen molar-refractivity contribution in [1.82, 2.24) is 15.0 Å². The van der Waals surface area contributed by atoms with Crippen LogP contribution in [0.3, 0.4) is 0 Å². The third-order valence-electron chi connectivity index (χ3n) is 9.15. The first-order chi connectivity index (χ1) is 23.8. The minimum absolute atomic E-state index is 0.575. The molecule has 0 radical (unpaired) electrons. The lowest BCUT2D eigenvalue weighted by molar-refractivity contribution is 0.669. The number of para-hydroxylation sites is 2. The molecule has 5 heteroatoms. The van der Waals surface area contributed by atoms with Crippen LogP contribution in [-0.4, -0.2) is 15.0 Å². The summed E-state index contributed by atoms with van der Waals surface area (Å²) in [6.07, 6.45) is 0. The van der Waals surface area contributed by atoms with Gasteiger partial charge in [0.05, 0.1) is 0 Å². The van der Waals surface area contributed by atoms with Gasteiger partial charge in [-0.15, -0.1) is 0 Å². The average Bonchev–Trinajstić information content (AvgIpc) is 3.73. The van der Waals surface area contributed by atoms with Crippen LogP contribution in [0.15, 0.2) is 160 Å². The summed E-state index contributed by atoms with van der Waals surface area (Å²) in [5.74, 6) is 1.74. The Bertz CT molecular complexity index is 2830. The summed E-state index contributed by atoms with van der Waals surface area (Å²) in [6.45, 7) is 0. The number of rotatable bonds is 4. The highest BCUT2D eigenvalue weighted by Crippen LogP contribution is 2.41. The van der Waals surface area contributed by atoms with Crippen molar-refractivity contribution < 1.29 is 8.83 Å². The summed E-state index contributed by atoms with van der Waals surface area (Å²) in [5.41, 5.74) is 8.22. The summed E-state index contributed by atoms with van der Waals surface area (Å²) >= 11 is 0. The number of hydrogen-bond donors (Lipinski definition) is 0. The van der Waals surface area contributed by atoms with E-state index in [1.165, 1.54) is 0 Å². The molecule has 0 bridgehead atoms. The molecule has 48 heavy (non-hydrogen) atoms. The van der Waals surface area contributed by atoms with Crippen LogP contribution in [0.5, 0.6) is 0 Å². The van der Waals surface area contributed by atoms with Crippen LogP contribution < -0.4 is 0 Å². The molecule has 0 amide bonds. The monoisotopic (exact) mass is 615 g/mol. The fraction of sp³-hybridized carbons (Fsp3) is 0. The van der Waals surface area contributed by atoms with Crippen molar-refractivity contribution in [3.8, 4) is 45.3 Å². The first-order valence-electron chi connectivity index (χ1n) is 15.9. The molecule has 0 aliphatic heterocycles. The summed E-state index contributed by atoms with van der Waals surface area (Å²) in [7, 11) is 0. The zero-order valence-electron chi connectivity index (χ0n) is 25.6. The number of benzene rings is 7. The molecular weight excluding hydrogens is 590 g/mol. The molecule has 0 saturated carbocycles. The van der Waals surface area contributed by atoms with Crippen molar-refractivity contribution in [3.05, 3.63) is 152 Å². The van der Waals surface area contributed by atoms with Crippen molar-refractivity contribution in [2.24, 2.45) is 0 Å². The maximum atomic E-state index is 6.42. The second kappa shape index (κ2) is 10.5. The van der Waals surface area contributed by atoms with Gasteiger partial charge in [-0.05, 0) is 46.2 Å². The minimum atomic E-state index is 0.575. The van der Waals surface area contributed by atoms with Gasteiger partial charge in [-0.2, -0.15) is 0 Å². The first kappa shape index (κ1) is 26.6. The van der Waals surface area contributed by atoms with Gasteiger partial charge in [0.25, 0.3) is 0 Å². The molecule has 224 valence electrons. The van der Waals surface area contributed by atoms with E-state index >= 15 is 0 Å². The fourth-order valence-electron chi connectivity index (χ4n) is 6.92. The summed E-state index contributed by atoms with van der Waals surface area (Å²) in [6, 6.07) is 51.6. The van der Waals surface area contributed by atoms with Crippen LogP contribution in [0.4, 0.5) is 0 Å². The molecule has 0 aliphatic carbocycles. The molecule has 0 fully saturated rings. The molecule has 10 aromatic rings. The molecule has 0 unspecified atom stereocenters. The van der Waals surface area contributed by atoms with Gasteiger partial charge >= 0.3 is 0 Å². The Morgan fingerprint density at radius 2 is 0.833 bits per heavy atom. The molecular formula is C43H25N3O2. The molecule has 5 nitrogen and oxygen atoms in total. The summed E-state index contributed by atoms with van der Waals surface area (Å²) < 4.78 is 12.7. The molecule has 0 spiro atoms. The van der Waals surface area contributed by atoms with E-state index in [1.54, 1.807) is 0 Å². The highest BCUT2D eigenvalue weighted by molar-refractivity contribution is 6.21. The quantitative estimate of drug-likeness (QED) is 0.197. The Hall–Kier alpha value is -6.59. The van der Waals surface area contributed by atoms with Gasteiger partial charge in [0, 0.05) is 38.2 Å². The van der Waals surface area contributed by atoms with Crippen molar-refractivity contribution in [2.45, 2.75) is 0 Å². The van der Waals surface area contributed by atoms with Crippen molar-refractivity contribution in [1.29, 1.82) is 0 Å². The van der Waals surface area contributed by atoms with Crippen LogP contribution in [0.1, 0.15) is 0 Å². The number of hydrogen-bond acceptors (Lipinski definition) is 5. The number of furan rings is 2. The molecule has 0 saturated heterocycles. The van der Waals surface area contributed by atoms with Gasteiger partial charge in [0.1, 0.15) is 22.3 Å². The number of nitrogens with zero attached hydrogens (tertiary/aromatic N) is 3. The zero-order chi connectivity index (χ0) is 31.6. The van der Waals surface area contributed by atoms with Crippen molar-refractivity contribution >= 4 is 54.6 Å². The topological polar surface area (TPSA) is 65.0 Å². The first-order valence-corrected chi connectivity index (χ1v) is 15.9. The van der Waals surface area contributed by atoms with Crippen molar-refractivity contribution in [3.63, 3.8) is 0 Å². The largest absolute Gasteiger partial charge is 0.456 e. The third kappa shape index (κ3) is 4.15. The maximum absolute atomic E-state index is 6.42. The Morgan fingerprint density at radius 3 is 1.58 bits per heavy atom. The van der Waals surface area contributed by atoms with Gasteiger partial charge in [-0.25, -0.2) is 15.0 Å². The number of aromatic nitrogens is 3. The average molecular weight is 616 g/mol. The Labute approximate surface area is 274 Å². The van der Waals surface area contributed by atoms with Gasteiger partial charge in [0.2, 0.25) is 0 Å². The fourth-order valence-corrected chi connectivity index (χ4v) is 6.92. The molecule has 3 heterocycles. The predicted octanol–water partition coefficient (Wildman–Crippen LogP) is 11.5. The number of fused-ring (bicyclic) bond motifs is 8. The van der Waals surface area contributed by atoms with E-state index in [-0.39, 0.29) is 0 Å². The second-order valence-electron chi connectivity index (χ2n) is 12.0. The van der Waals surface area contributed by atoms with E-state index in [2.05, 4.69) is 97.1 Å². The smallest absolute Gasteiger partial charge is 0.164 e. The van der Waals surface area contributed by atoms with Crippen LogP contribution in [0.2, 0.25) is 0 Å². The van der Waals surface area contributed by atoms with Crippen LogP contribution in [0.25, 0.3) is 99.9 Å². The highest BCUT2D eigenvalue weighted by Gasteiger charge is 2.21. The van der Waals surface area contributed by atoms with E-state index in [1.807, 2.05) is 54.6 Å². The molecule has 7 aromatic carbocycles. The maximum Gasteiger partial charge on any atom is 0.164 e. The lowest BCUT2D eigenvalue weighted by Crippen LogP contribution is -2.01. The van der Waals surface area contributed by atoms with Gasteiger partial charge in [-0.3, -0.25) is 0 Å². The predicted molar refractivity (Wildman–Crippen MR) is 194 cm³/mol. The Kier molecular flexibility index (Phi) is 5.81. The normalized spacial score (nSPS) is 11.8. The third-order valence-corrected chi connectivity index (χ3v) is 9.15. The van der Waals surface area contributed by atoms with Crippen LogP contribution >= 0.6 is 0 Å². The van der Waals surface area contributed by atoms with Crippen molar-refractivity contribution in [2.75, 3.05) is 0 Å². The Morgan fingerprint density at radius 1 is 0.312 bits per heavy atom. The molecule has 3 aromatic heterocycles. The van der Waals surface area contributed by atoms with Crippen LogP contribution in [-0.2, 0) is 0 Å². The SMILES string of the molecule is c1ccc(-c2ccc(-c3nc(-c4cc5oc6ccccc6c5c5ccccc45)nc(-c4cccc5oc6ccccc6c45)n3)cc2)cc1. The lowest BCUT2D eigenvalue weighted by Gasteiger charge is -2.12. The van der Waals surface area contributed by atoms with E-state index in [0.29, 0.717) is 17.5 Å². The van der Waals surface area contributed by atoms with E-state index in [0.717, 1.165) is 82.5 Å². The van der Waals surface area contributed by atoms with E-state index < -0.39 is 0 Å². The van der Waals surface area contributed by atoms with Crippen LogP contribution in [0, 0.1) is 0 Å². The lowest BCUT2D eigenvalue weighted by atomic mass is 9.98. The molecule has 0 N–H and O–H groups in total. The van der Waals surface area contributed by atoms with Gasteiger partial charge in [-0.1, -0.05) is 127 Å². The second-order valence-corrected chi connectivity index (χ2v) is 12.0. The highest BCUT2D eigenvalue weighted by atomic mass is 16.3. The Balaban J connectivity index is 1.25. The summed E-state index contributed by atoms with van der Waals surface area (Å²) in [5, 5.41) is 6.32. The van der Waals surface area contributed by atoms with E-state index in [9.17, 15) is 0 Å². The minimum Gasteiger partial charge on any atom is -0.456 e. The molecule has 0 atom stereocenters. The zero-order valence-corrected chi connectivity index (χ0v) is 25.6. The van der Waals surface area contributed by atoms with E-state index in [4.69, 9.17) is 23.8 Å². The van der Waals surface area contributed by atoms with Gasteiger partial charge < -0.3 is 8.83 Å². The standard InChI is InChI=1S/C43H25N3O2/c1-2-11-26(12-3-1)27-21-23-28(24-22-27)41-44-42(33-17-10-20-37-40(33)32-16-7-8-18-35(32)47-37)46-43(45-41)34-25-38-39(30-14-5-4-13-29(30)34)31-15-6-9-19-36(31)48-38/h1-25H.